The first-order valence-corrected chi connectivity index (χ1v) is 7.37. The van der Waals surface area contributed by atoms with Crippen molar-refractivity contribution in [1.29, 1.82) is 0 Å². The van der Waals surface area contributed by atoms with Crippen LogP contribution in [0.4, 0.5) is 0 Å². The number of likely N-dealkylation sites (N-methyl/N-ethyl adjacent to an activating group) is 1. The van der Waals surface area contributed by atoms with Crippen LogP contribution in [-0.4, -0.2) is 22.7 Å². The summed E-state index contributed by atoms with van der Waals surface area (Å²) in [6.07, 6.45) is 2.81. The van der Waals surface area contributed by atoms with Crippen molar-refractivity contribution in [2.24, 2.45) is 11.3 Å². The third-order valence-corrected chi connectivity index (χ3v) is 3.33. The molecule has 0 spiro atoms. The molecule has 0 fully saturated rings. The molecule has 0 amide bonds. The van der Waals surface area contributed by atoms with Gasteiger partial charge in [0.25, 0.3) is 0 Å². The highest BCUT2D eigenvalue weighted by atomic mass is 16.5. The molecule has 4 nitrogen and oxygen atoms in total. The highest BCUT2D eigenvalue weighted by Crippen LogP contribution is 2.22. The summed E-state index contributed by atoms with van der Waals surface area (Å²) in [6.45, 7) is 14.2. The molecular formula is C15H29N3O. The van der Waals surface area contributed by atoms with Crippen molar-refractivity contribution in [3.63, 3.8) is 0 Å². The molecule has 1 aromatic heterocycles. The van der Waals surface area contributed by atoms with E-state index < -0.39 is 0 Å². The quantitative estimate of drug-likeness (QED) is 0.824. The number of hydrogen-bond acceptors (Lipinski definition) is 4. The van der Waals surface area contributed by atoms with Gasteiger partial charge in [0.1, 0.15) is 0 Å². The van der Waals surface area contributed by atoms with Crippen LogP contribution in [0.15, 0.2) is 4.52 Å². The summed E-state index contributed by atoms with van der Waals surface area (Å²) in [5.74, 6) is 2.26. The summed E-state index contributed by atoms with van der Waals surface area (Å²) in [7, 11) is 0. The molecule has 1 aromatic rings. The SMILES string of the molecule is CCNC(Cc1nc(CCC(C)C)no1)C(C)(C)C. The molecule has 1 unspecified atom stereocenters. The predicted octanol–water partition coefficient (Wildman–Crippen LogP) is 3.22. The van der Waals surface area contributed by atoms with Gasteiger partial charge in [0.15, 0.2) is 5.82 Å². The van der Waals surface area contributed by atoms with Crippen molar-refractivity contribution in [3.8, 4) is 0 Å². The molecule has 0 aliphatic heterocycles. The standard InChI is InChI=1S/C15H29N3O/c1-7-16-12(15(4,5)6)10-14-17-13(18-19-14)9-8-11(2)3/h11-12,16H,7-10H2,1-6H3. The van der Waals surface area contributed by atoms with Gasteiger partial charge in [-0.3, -0.25) is 0 Å². The Morgan fingerprint density at radius 2 is 1.95 bits per heavy atom. The summed E-state index contributed by atoms with van der Waals surface area (Å²) in [5, 5.41) is 7.57. The lowest BCUT2D eigenvalue weighted by Gasteiger charge is -2.30. The molecule has 0 aromatic carbocycles. The molecule has 110 valence electrons. The van der Waals surface area contributed by atoms with E-state index >= 15 is 0 Å². The summed E-state index contributed by atoms with van der Waals surface area (Å²) in [4.78, 5) is 4.50. The fourth-order valence-corrected chi connectivity index (χ4v) is 2.00. The molecule has 0 saturated heterocycles. The van der Waals surface area contributed by atoms with Crippen LogP contribution in [0.3, 0.4) is 0 Å². The van der Waals surface area contributed by atoms with E-state index in [-0.39, 0.29) is 5.41 Å². The number of nitrogens with zero attached hydrogens (tertiary/aromatic N) is 2. The van der Waals surface area contributed by atoms with Gasteiger partial charge in [-0.2, -0.15) is 4.98 Å². The molecule has 0 aliphatic carbocycles. The van der Waals surface area contributed by atoms with E-state index in [0.29, 0.717) is 12.0 Å². The molecule has 19 heavy (non-hydrogen) atoms. The zero-order valence-electron chi connectivity index (χ0n) is 13.3. The second-order valence-electron chi connectivity index (χ2n) is 6.72. The normalized spacial score (nSPS) is 14.1. The molecule has 1 atom stereocenters. The van der Waals surface area contributed by atoms with Gasteiger partial charge in [0.05, 0.1) is 0 Å². The maximum absolute atomic E-state index is 5.37. The lowest BCUT2D eigenvalue weighted by molar-refractivity contribution is 0.247. The molecule has 0 radical (unpaired) electrons. The van der Waals surface area contributed by atoms with Gasteiger partial charge in [-0.25, -0.2) is 0 Å². The lowest BCUT2D eigenvalue weighted by atomic mass is 9.84. The average Bonchev–Trinajstić information content (AvgIpc) is 2.72. The Hall–Kier alpha value is -0.900. The van der Waals surface area contributed by atoms with E-state index in [9.17, 15) is 0 Å². The Morgan fingerprint density at radius 1 is 1.26 bits per heavy atom. The van der Waals surface area contributed by atoms with Crippen molar-refractivity contribution in [2.45, 2.75) is 66.8 Å². The summed E-state index contributed by atoms with van der Waals surface area (Å²) >= 11 is 0. The Morgan fingerprint density at radius 3 is 2.47 bits per heavy atom. The molecule has 1 N–H and O–H groups in total. The minimum absolute atomic E-state index is 0.183. The van der Waals surface area contributed by atoms with Gasteiger partial charge in [-0.1, -0.05) is 46.7 Å². The van der Waals surface area contributed by atoms with Crippen molar-refractivity contribution in [1.82, 2.24) is 15.5 Å². The van der Waals surface area contributed by atoms with Gasteiger partial charge in [-0.15, -0.1) is 0 Å². The second kappa shape index (κ2) is 7.04. The topological polar surface area (TPSA) is 51.0 Å². The fourth-order valence-electron chi connectivity index (χ4n) is 2.00. The first kappa shape index (κ1) is 16.2. The molecular weight excluding hydrogens is 238 g/mol. The zero-order valence-corrected chi connectivity index (χ0v) is 13.3. The Kier molecular flexibility index (Phi) is 5.98. The molecule has 1 rings (SSSR count). The van der Waals surface area contributed by atoms with Crippen molar-refractivity contribution in [2.75, 3.05) is 6.54 Å². The highest BCUT2D eigenvalue weighted by molar-refractivity contribution is 4.93. The Bertz CT molecular complexity index is 366. The van der Waals surface area contributed by atoms with E-state index in [1.54, 1.807) is 0 Å². The van der Waals surface area contributed by atoms with Crippen LogP contribution >= 0.6 is 0 Å². The van der Waals surface area contributed by atoms with Crippen LogP contribution in [0.2, 0.25) is 0 Å². The van der Waals surface area contributed by atoms with Gasteiger partial charge >= 0.3 is 0 Å². The maximum Gasteiger partial charge on any atom is 0.228 e. The van der Waals surface area contributed by atoms with Gasteiger partial charge in [0, 0.05) is 18.9 Å². The minimum Gasteiger partial charge on any atom is -0.339 e. The first-order chi connectivity index (χ1) is 8.82. The third-order valence-electron chi connectivity index (χ3n) is 3.33. The average molecular weight is 267 g/mol. The van der Waals surface area contributed by atoms with Crippen LogP contribution in [0.1, 0.15) is 59.7 Å². The Labute approximate surface area is 117 Å². The third kappa shape index (κ3) is 5.72. The molecule has 0 aliphatic rings. The predicted molar refractivity (Wildman–Crippen MR) is 78.1 cm³/mol. The largest absolute Gasteiger partial charge is 0.339 e. The van der Waals surface area contributed by atoms with E-state index in [0.717, 1.165) is 37.5 Å². The van der Waals surface area contributed by atoms with E-state index in [4.69, 9.17) is 4.52 Å². The van der Waals surface area contributed by atoms with Gasteiger partial charge < -0.3 is 9.84 Å². The zero-order chi connectivity index (χ0) is 14.5. The van der Waals surface area contributed by atoms with Crippen molar-refractivity contribution < 1.29 is 4.52 Å². The molecule has 4 heteroatoms. The van der Waals surface area contributed by atoms with Crippen LogP contribution in [-0.2, 0) is 12.8 Å². The number of aromatic nitrogens is 2. The molecule has 0 saturated carbocycles. The monoisotopic (exact) mass is 267 g/mol. The lowest BCUT2D eigenvalue weighted by Crippen LogP contribution is -2.41. The van der Waals surface area contributed by atoms with Crippen LogP contribution in [0, 0.1) is 11.3 Å². The summed E-state index contributed by atoms with van der Waals surface area (Å²) in [6, 6.07) is 0.357. The Balaban J connectivity index is 2.60. The first-order valence-electron chi connectivity index (χ1n) is 7.37. The highest BCUT2D eigenvalue weighted by Gasteiger charge is 2.26. The van der Waals surface area contributed by atoms with E-state index in [2.05, 4.69) is 57.0 Å². The molecule has 1 heterocycles. The fraction of sp³-hybridized carbons (Fsp3) is 0.867. The van der Waals surface area contributed by atoms with Crippen LogP contribution in [0.25, 0.3) is 0 Å². The number of nitrogens with one attached hydrogen (secondary N) is 1. The van der Waals surface area contributed by atoms with E-state index in [1.165, 1.54) is 0 Å². The van der Waals surface area contributed by atoms with Crippen LogP contribution < -0.4 is 5.32 Å². The van der Waals surface area contributed by atoms with Crippen LogP contribution in [0.5, 0.6) is 0 Å². The van der Waals surface area contributed by atoms with Gasteiger partial charge in [0.2, 0.25) is 5.89 Å². The number of hydrogen-bond donors (Lipinski definition) is 1. The van der Waals surface area contributed by atoms with Crippen molar-refractivity contribution >= 4 is 0 Å². The molecule has 0 bridgehead atoms. The summed E-state index contributed by atoms with van der Waals surface area (Å²) < 4.78 is 5.37. The summed E-state index contributed by atoms with van der Waals surface area (Å²) in [5.41, 5.74) is 0.183. The number of rotatable bonds is 7. The van der Waals surface area contributed by atoms with Crippen molar-refractivity contribution in [3.05, 3.63) is 11.7 Å². The smallest absolute Gasteiger partial charge is 0.228 e. The van der Waals surface area contributed by atoms with E-state index in [1.807, 2.05) is 0 Å². The van der Waals surface area contributed by atoms with Gasteiger partial charge in [-0.05, 0) is 24.3 Å². The minimum atomic E-state index is 0.183. The maximum atomic E-state index is 5.37. The second-order valence-corrected chi connectivity index (χ2v) is 6.72. The number of aryl methyl sites for hydroxylation is 1.